The number of fused-ring (bicyclic) bond motifs is 1. The van der Waals surface area contributed by atoms with Gasteiger partial charge in [0.2, 0.25) is 0 Å². The lowest BCUT2D eigenvalue weighted by molar-refractivity contribution is -0.106. The van der Waals surface area contributed by atoms with Crippen LogP contribution >= 0.6 is 22.6 Å². The molecule has 4 unspecified atom stereocenters. The van der Waals surface area contributed by atoms with Crippen molar-refractivity contribution in [1.29, 1.82) is 0 Å². The van der Waals surface area contributed by atoms with Crippen LogP contribution in [0.25, 0.3) is 0 Å². The molecular formula is C31H31IO6. The van der Waals surface area contributed by atoms with Crippen molar-refractivity contribution in [2.75, 3.05) is 13.2 Å². The van der Waals surface area contributed by atoms with E-state index in [-0.39, 0.29) is 18.4 Å². The number of ketones is 1. The maximum absolute atomic E-state index is 14.0. The van der Waals surface area contributed by atoms with Gasteiger partial charge in [-0.1, -0.05) is 24.3 Å². The molecule has 6 rings (SSSR count). The zero-order valence-corrected chi connectivity index (χ0v) is 23.3. The van der Waals surface area contributed by atoms with E-state index in [1.165, 1.54) is 0 Å². The second-order valence-corrected chi connectivity index (χ2v) is 11.2. The van der Waals surface area contributed by atoms with Gasteiger partial charge in [0.05, 0.1) is 24.7 Å². The highest BCUT2D eigenvalue weighted by atomic mass is 127. The summed E-state index contributed by atoms with van der Waals surface area (Å²) in [5.41, 5.74) is 2.40. The molecule has 0 radical (unpaired) electrons. The number of halogens is 1. The van der Waals surface area contributed by atoms with Crippen LogP contribution in [0.15, 0.2) is 66.7 Å². The Hall–Kier alpha value is -2.62. The Bertz CT molecular complexity index is 1250. The summed E-state index contributed by atoms with van der Waals surface area (Å²) in [6.45, 7) is 1.44. The normalized spacial score (nSPS) is 25.2. The number of benzene rings is 3. The summed E-state index contributed by atoms with van der Waals surface area (Å²) in [6.07, 6.45) is 5.12. The molecule has 6 nitrogen and oxygen atoms in total. The smallest absolute Gasteiger partial charge is 0.199 e. The minimum Gasteiger partial charge on any atom is -0.484 e. The highest BCUT2D eigenvalue weighted by molar-refractivity contribution is 14.1. The molecule has 0 aliphatic carbocycles. The van der Waals surface area contributed by atoms with Crippen LogP contribution in [0, 0.1) is 3.57 Å². The topological polar surface area (TPSA) is 63.2 Å². The minimum atomic E-state index is -0.490. The third kappa shape index (κ3) is 5.70. The maximum Gasteiger partial charge on any atom is 0.199 e. The first-order valence-corrected chi connectivity index (χ1v) is 14.5. The third-order valence-electron chi connectivity index (χ3n) is 7.31. The van der Waals surface area contributed by atoms with Crippen LogP contribution in [-0.2, 0) is 9.47 Å². The Morgan fingerprint density at radius 3 is 1.95 bits per heavy atom. The molecule has 0 spiro atoms. The quantitative estimate of drug-likeness (QED) is 0.270. The van der Waals surface area contributed by atoms with E-state index in [4.69, 9.17) is 23.7 Å². The summed E-state index contributed by atoms with van der Waals surface area (Å²) >= 11 is 2.28. The van der Waals surface area contributed by atoms with Crippen molar-refractivity contribution in [2.24, 2.45) is 0 Å². The van der Waals surface area contributed by atoms with E-state index >= 15 is 0 Å². The number of rotatable bonds is 6. The fourth-order valence-electron chi connectivity index (χ4n) is 5.29. The van der Waals surface area contributed by atoms with Gasteiger partial charge in [-0.3, -0.25) is 4.79 Å². The Labute approximate surface area is 236 Å². The van der Waals surface area contributed by atoms with Gasteiger partial charge in [0.25, 0.3) is 0 Å². The Morgan fingerprint density at radius 2 is 1.32 bits per heavy atom. The molecule has 0 bridgehead atoms. The van der Waals surface area contributed by atoms with Crippen molar-refractivity contribution in [3.8, 4) is 17.2 Å². The van der Waals surface area contributed by atoms with E-state index in [9.17, 15) is 4.79 Å². The lowest BCUT2D eigenvalue weighted by Crippen LogP contribution is -2.30. The molecule has 0 N–H and O–H groups in total. The molecule has 7 heteroatoms. The van der Waals surface area contributed by atoms with Crippen molar-refractivity contribution in [1.82, 2.24) is 0 Å². The van der Waals surface area contributed by atoms with Gasteiger partial charge in [0, 0.05) is 22.5 Å². The average Bonchev–Trinajstić information content (AvgIpc) is 2.95. The summed E-state index contributed by atoms with van der Waals surface area (Å²) in [7, 11) is 0. The van der Waals surface area contributed by atoms with E-state index in [0.29, 0.717) is 23.7 Å². The first-order valence-electron chi connectivity index (χ1n) is 13.4. The monoisotopic (exact) mass is 626 g/mol. The molecule has 3 aromatic rings. The van der Waals surface area contributed by atoms with Gasteiger partial charge in [-0.15, -0.1) is 0 Å². The Balaban J connectivity index is 1.29. The maximum atomic E-state index is 14.0. The second kappa shape index (κ2) is 11.6. The molecule has 3 aromatic carbocycles. The molecule has 0 aromatic heterocycles. The van der Waals surface area contributed by atoms with E-state index in [0.717, 1.165) is 65.6 Å². The lowest BCUT2D eigenvalue weighted by atomic mass is 9.81. The minimum absolute atomic E-state index is 0.0274. The van der Waals surface area contributed by atoms with Crippen LogP contribution in [0.4, 0.5) is 0 Å². The second-order valence-electron chi connectivity index (χ2n) is 9.99. The van der Waals surface area contributed by atoms with Crippen molar-refractivity contribution in [2.45, 2.75) is 63.1 Å². The SMILES string of the molecule is O=C1c2ccc(OC3CCCCO3)cc2OC(c2ccc(I)cc2)C1c1ccc(OC2CCCCO2)cc1. The molecule has 2 saturated heterocycles. The standard InChI is InChI=1S/C31H31IO6/c32-22-11-7-21(8-12-22)31-29(20-9-13-23(14-10-20)36-27-5-1-3-17-34-27)30(33)25-16-15-24(19-26(25)38-31)37-28-6-2-4-18-35-28/h7-16,19,27-29,31H,1-6,17-18H2. The van der Waals surface area contributed by atoms with Crippen LogP contribution in [0.2, 0.25) is 0 Å². The fourth-order valence-corrected chi connectivity index (χ4v) is 5.65. The van der Waals surface area contributed by atoms with Crippen LogP contribution in [0.1, 0.15) is 72.0 Å². The van der Waals surface area contributed by atoms with E-state index in [2.05, 4.69) is 22.6 Å². The van der Waals surface area contributed by atoms with Gasteiger partial charge in [-0.2, -0.15) is 0 Å². The molecule has 198 valence electrons. The predicted molar refractivity (Wildman–Crippen MR) is 151 cm³/mol. The summed E-state index contributed by atoms with van der Waals surface area (Å²) in [5, 5.41) is 0. The molecule has 3 aliphatic heterocycles. The average molecular weight is 626 g/mol. The zero-order valence-electron chi connectivity index (χ0n) is 21.1. The van der Waals surface area contributed by atoms with Gasteiger partial charge in [-0.25, -0.2) is 0 Å². The number of ether oxygens (including phenoxy) is 5. The largest absolute Gasteiger partial charge is 0.484 e. The third-order valence-corrected chi connectivity index (χ3v) is 8.03. The van der Waals surface area contributed by atoms with E-state index < -0.39 is 12.0 Å². The first-order chi connectivity index (χ1) is 18.6. The van der Waals surface area contributed by atoms with Crippen molar-refractivity contribution < 1.29 is 28.5 Å². The van der Waals surface area contributed by atoms with Gasteiger partial charge >= 0.3 is 0 Å². The van der Waals surface area contributed by atoms with Crippen LogP contribution in [0.5, 0.6) is 17.2 Å². The Morgan fingerprint density at radius 1 is 0.711 bits per heavy atom. The molecule has 38 heavy (non-hydrogen) atoms. The predicted octanol–water partition coefficient (Wildman–Crippen LogP) is 7.20. The molecule has 3 heterocycles. The fraction of sp³-hybridized carbons (Fsp3) is 0.387. The summed E-state index contributed by atoms with van der Waals surface area (Å²) in [5.74, 6) is 1.46. The van der Waals surface area contributed by atoms with Crippen LogP contribution in [-0.4, -0.2) is 31.6 Å². The van der Waals surface area contributed by atoms with Gasteiger partial charge in [0.15, 0.2) is 18.4 Å². The van der Waals surface area contributed by atoms with Crippen LogP contribution < -0.4 is 14.2 Å². The lowest BCUT2D eigenvalue weighted by Gasteiger charge is -2.34. The van der Waals surface area contributed by atoms with Crippen LogP contribution in [0.3, 0.4) is 0 Å². The molecule has 4 atom stereocenters. The zero-order chi connectivity index (χ0) is 25.9. The van der Waals surface area contributed by atoms with Crippen molar-refractivity contribution in [3.05, 3.63) is 87.0 Å². The molecule has 0 saturated carbocycles. The molecular weight excluding hydrogens is 595 g/mol. The van der Waals surface area contributed by atoms with E-state index in [1.54, 1.807) is 0 Å². The molecule has 2 fully saturated rings. The Kier molecular flexibility index (Phi) is 7.85. The van der Waals surface area contributed by atoms with Gasteiger partial charge < -0.3 is 23.7 Å². The molecule has 0 amide bonds. The molecule has 3 aliphatic rings. The van der Waals surface area contributed by atoms with E-state index in [1.807, 2.05) is 66.7 Å². The number of hydrogen-bond acceptors (Lipinski definition) is 6. The highest BCUT2D eigenvalue weighted by Gasteiger charge is 2.39. The summed E-state index contributed by atoms with van der Waals surface area (Å²) < 4.78 is 31.2. The first kappa shape index (κ1) is 25.6. The number of hydrogen-bond donors (Lipinski definition) is 0. The van der Waals surface area contributed by atoms with Gasteiger partial charge in [0.1, 0.15) is 23.4 Å². The van der Waals surface area contributed by atoms with Crippen molar-refractivity contribution >= 4 is 28.4 Å². The number of carbonyl (C=O) groups is 1. The number of carbonyl (C=O) groups excluding carboxylic acids is 1. The highest BCUT2D eigenvalue weighted by Crippen LogP contribution is 2.45. The summed E-state index contributed by atoms with van der Waals surface area (Å²) in [4.78, 5) is 14.0. The van der Waals surface area contributed by atoms with Crippen molar-refractivity contribution in [3.63, 3.8) is 0 Å². The summed E-state index contributed by atoms with van der Waals surface area (Å²) in [6, 6.07) is 21.4. The van der Waals surface area contributed by atoms with Gasteiger partial charge in [-0.05, 0) is 95.8 Å². The number of Topliss-reactive ketones (excluding diaryl/α,β-unsaturated/α-hetero) is 1.